The molecule has 0 spiro atoms. The first-order valence-electron chi connectivity index (χ1n) is 13.3. The number of aryl methyl sites for hydroxylation is 2. The molecule has 3 aromatic carbocycles. The molecule has 1 aliphatic rings. The first-order chi connectivity index (χ1) is 19.2. The molecule has 0 fully saturated rings. The molecule has 4 aromatic rings. The highest BCUT2D eigenvalue weighted by atomic mass is 16.5. The smallest absolute Gasteiger partial charge is 0.273 e. The molecule has 8 heteroatoms. The lowest BCUT2D eigenvalue weighted by Crippen LogP contribution is -2.29. The van der Waals surface area contributed by atoms with Gasteiger partial charge in [-0.15, -0.1) is 0 Å². The Hall–Kier alpha value is -4.46. The zero-order valence-electron chi connectivity index (χ0n) is 23.7. The average Bonchev–Trinajstić information content (AvgIpc) is 3.48. The van der Waals surface area contributed by atoms with Crippen molar-refractivity contribution in [1.82, 2.24) is 15.1 Å². The van der Waals surface area contributed by atoms with Gasteiger partial charge < -0.3 is 24.2 Å². The van der Waals surface area contributed by atoms with E-state index in [2.05, 4.69) is 24.0 Å². The van der Waals surface area contributed by atoms with Crippen molar-refractivity contribution in [2.45, 2.75) is 40.3 Å². The maximum atomic E-state index is 13.9. The third-order valence-corrected chi connectivity index (χ3v) is 7.15. The number of nitrogens with one attached hydrogen (secondary N) is 1. The predicted octanol–water partition coefficient (Wildman–Crippen LogP) is 6.20. The summed E-state index contributed by atoms with van der Waals surface area (Å²) >= 11 is 0. The zero-order valence-corrected chi connectivity index (χ0v) is 23.7. The summed E-state index contributed by atoms with van der Waals surface area (Å²) in [4.78, 5) is 15.7. The van der Waals surface area contributed by atoms with Gasteiger partial charge in [-0.2, -0.15) is 5.10 Å². The van der Waals surface area contributed by atoms with Crippen LogP contribution in [0.25, 0.3) is 11.3 Å². The summed E-state index contributed by atoms with van der Waals surface area (Å²) in [6, 6.07) is 16.8. The number of aromatic hydroxyl groups is 1. The Balaban J connectivity index is 1.64. The van der Waals surface area contributed by atoms with Gasteiger partial charge >= 0.3 is 0 Å². The molecule has 2 heterocycles. The van der Waals surface area contributed by atoms with Gasteiger partial charge in [-0.05, 0) is 72.4 Å². The van der Waals surface area contributed by atoms with Crippen molar-refractivity contribution < 1.29 is 24.1 Å². The Morgan fingerprint density at radius 2 is 1.75 bits per heavy atom. The molecular formula is C32H35N3O5. The number of phenols is 1. The second-order valence-corrected chi connectivity index (χ2v) is 10.6. The van der Waals surface area contributed by atoms with E-state index in [0.29, 0.717) is 47.5 Å². The lowest BCUT2D eigenvalue weighted by atomic mass is 9.93. The third-order valence-electron chi connectivity index (χ3n) is 7.15. The van der Waals surface area contributed by atoms with Gasteiger partial charge in [0.2, 0.25) is 0 Å². The molecule has 40 heavy (non-hydrogen) atoms. The van der Waals surface area contributed by atoms with Crippen molar-refractivity contribution in [2.24, 2.45) is 5.92 Å². The van der Waals surface area contributed by atoms with Crippen LogP contribution in [0.2, 0.25) is 0 Å². The van der Waals surface area contributed by atoms with Crippen molar-refractivity contribution in [3.8, 4) is 34.3 Å². The minimum Gasteiger partial charge on any atom is -0.507 e. The van der Waals surface area contributed by atoms with E-state index in [9.17, 15) is 9.90 Å². The normalized spacial score (nSPS) is 14.5. The van der Waals surface area contributed by atoms with Crippen molar-refractivity contribution in [1.29, 1.82) is 0 Å². The number of H-pyrrole nitrogens is 1. The fourth-order valence-electron chi connectivity index (χ4n) is 5.21. The van der Waals surface area contributed by atoms with E-state index in [1.165, 1.54) is 0 Å². The van der Waals surface area contributed by atoms with Crippen LogP contribution in [0.15, 0.2) is 54.6 Å². The number of carbonyl (C=O) groups excluding carboxylic acids is 1. The van der Waals surface area contributed by atoms with Gasteiger partial charge in [-0.1, -0.05) is 38.1 Å². The molecule has 2 N–H and O–H groups in total. The maximum Gasteiger partial charge on any atom is 0.273 e. The molecule has 0 aliphatic carbocycles. The lowest BCUT2D eigenvalue weighted by Gasteiger charge is -2.27. The van der Waals surface area contributed by atoms with E-state index >= 15 is 0 Å². The summed E-state index contributed by atoms with van der Waals surface area (Å²) in [5.41, 5.74) is 5.81. The van der Waals surface area contributed by atoms with Crippen LogP contribution in [0.4, 0.5) is 0 Å². The van der Waals surface area contributed by atoms with Gasteiger partial charge in [0.1, 0.15) is 22.9 Å². The number of rotatable bonds is 9. The number of amides is 1. The fourth-order valence-corrected chi connectivity index (χ4v) is 5.21. The molecule has 1 amide bonds. The molecule has 5 rings (SSSR count). The van der Waals surface area contributed by atoms with Gasteiger partial charge in [0.15, 0.2) is 11.5 Å². The summed E-state index contributed by atoms with van der Waals surface area (Å²) in [6.07, 6.45) is 0. The molecule has 8 nitrogen and oxygen atoms in total. The largest absolute Gasteiger partial charge is 0.507 e. The summed E-state index contributed by atoms with van der Waals surface area (Å²) in [7, 11) is 3.24. The van der Waals surface area contributed by atoms with Gasteiger partial charge in [0.25, 0.3) is 5.91 Å². The number of hydrogen-bond acceptors (Lipinski definition) is 6. The minimum absolute atomic E-state index is 0.148. The molecule has 1 unspecified atom stereocenters. The number of benzene rings is 3. The van der Waals surface area contributed by atoms with Crippen LogP contribution < -0.4 is 14.2 Å². The number of carbonyl (C=O) groups is 1. The van der Waals surface area contributed by atoms with Gasteiger partial charge in [-0.3, -0.25) is 9.89 Å². The van der Waals surface area contributed by atoms with Crippen LogP contribution in [-0.4, -0.2) is 46.9 Å². The number of phenolic OH excluding ortho intramolecular Hbond substituents is 1. The number of aromatic amines is 1. The van der Waals surface area contributed by atoms with Crippen LogP contribution in [-0.2, 0) is 6.54 Å². The van der Waals surface area contributed by atoms with Crippen LogP contribution in [0.5, 0.6) is 23.0 Å². The average molecular weight is 542 g/mol. The number of fused-ring (bicyclic) bond motifs is 1. The van der Waals surface area contributed by atoms with E-state index in [-0.39, 0.29) is 11.7 Å². The maximum absolute atomic E-state index is 13.9. The van der Waals surface area contributed by atoms with Crippen molar-refractivity contribution >= 4 is 5.91 Å². The molecule has 208 valence electrons. The lowest BCUT2D eigenvalue weighted by molar-refractivity contribution is 0.0730. The second kappa shape index (κ2) is 11.0. The zero-order chi connectivity index (χ0) is 28.6. The van der Waals surface area contributed by atoms with Crippen LogP contribution >= 0.6 is 0 Å². The van der Waals surface area contributed by atoms with E-state index in [1.807, 2.05) is 73.3 Å². The second-order valence-electron chi connectivity index (χ2n) is 10.6. The fraction of sp³-hybridized carbons (Fsp3) is 0.312. The van der Waals surface area contributed by atoms with Crippen molar-refractivity contribution in [2.75, 3.05) is 20.8 Å². The Morgan fingerprint density at radius 1 is 1.00 bits per heavy atom. The molecule has 1 aromatic heterocycles. The molecule has 0 saturated heterocycles. The monoisotopic (exact) mass is 541 g/mol. The molecule has 0 bridgehead atoms. The standard InChI is InChI=1S/C32H35N3O5/c1-18(2)17-40-25-12-9-22(15-26(25)39-6)30-27-28(24-14-19(3)13-20(4)31(24)36)33-34-29(27)32(37)35(30)16-21-7-10-23(38-5)11-8-21/h7-15,18,30,36H,16-17H2,1-6H3,(H,33,34). The number of nitrogens with zero attached hydrogens (tertiary/aromatic N) is 2. The van der Waals surface area contributed by atoms with Gasteiger partial charge in [-0.25, -0.2) is 0 Å². The van der Waals surface area contributed by atoms with Crippen molar-refractivity contribution in [3.05, 3.63) is 88.1 Å². The number of methoxy groups -OCH3 is 2. The highest BCUT2D eigenvalue weighted by Crippen LogP contribution is 2.47. The Labute approximate surface area is 234 Å². The summed E-state index contributed by atoms with van der Waals surface area (Å²) in [5, 5.41) is 18.5. The van der Waals surface area contributed by atoms with Crippen molar-refractivity contribution in [3.63, 3.8) is 0 Å². The molecule has 0 saturated carbocycles. The highest BCUT2D eigenvalue weighted by molar-refractivity contribution is 6.00. The quantitative estimate of drug-likeness (QED) is 0.262. The minimum atomic E-state index is -0.480. The molecule has 1 atom stereocenters. The van der Waals surface area contributed by atoms with E-state index in [0.717, 1.165) is 33.6 Å². The number of hydrogen-bond donors (Lipinski definition) is 2. The van der Waals surface area contributed by atoms with Gasteiger partial charge in [0.05, 0.1) is 26.9 Å². The first kappa shape index (κ1) is 27.1. The predicted molar refractivity (Wildman–Crippen MR) is 153 cm³/mol. The van der Waals surface area contributed by atoms with Crippen LogP contribution in [0.1, 0.15) is 58.2 Å². The molecular weight excluding hydrogens is 506 g/mol. The highest BCUT2D eigenvalue weighted by Gasteiger charge is 2.43. The molecule has 0 radical (unpaired) electrons. The first-order valence-corrected chi connectivity index (χ1v) is 13.3. The van der Waals surface area contributed by atoms with Crippen LogP contribution in [0, 0.1) is 19.8 Å². The van der Waals surface area contributed by atoms with E-state index in [1.54, 1.807) is 14.2 Å². The van der Waals surface area contributed by atoms with Crippen LogP contribution in [0.3, 0.4) is 0 Å². The number of aromatic nitrogens is 2. The third kappa shape index (κ3) is 4.97. The van der Waals surface area contributed by atoms with E-state index in [4.69, 9.17) is 14.2 Å². The summed E-state index contributed by atoms with van der Waals surface area (Å²) < 4.78 is 17.0. The summed E-state index contributed by atoms with van der Waals surface area (Å²) in [5.74, 6) is 2.32. The van der Waals surface area contributed by atoms with Gasteiger partial charge in [0, 0.05) is 17.7 Å². The topological polar surface area (TPSA) is 96.9 Å². The summed E-state index contributed by atoms with van der Waals surface area (Å²) in [6.45, 7) is 8.94. The molecule has 1 aliphatic heterocycles. The Kier molecular flexibility index (Phi) is 7.43. The Morgan fingerprint density at radius 3 is 2.42 bits per heavy atom. The van der Waals surface area contributed by atoms with E-state index < -0.39 is 6.04 Å². The Bertz CT molecular complexity index is 1540. The SMILES string of the molecule is COc1ccc(CN2C(=O)c3[nH]nc(-c4cc(C)cc(C)c4O)c3C2c2ccc(OCC(C)C)c(OC)c2)cc1. The number of ether oxygens (including phenoxy) is 3.